The molecule has 1 rings (SSSR count). The minimum atomic E-state index is -0.797. The standard InChI is InChI=1S/C13H19NO3/c1-3-5-6-12(13(15)16)10-7-11(17-4-2)9-14-8-10/h7-9,12H,3-6H2,1-2H3,(H,15,16). The van der Waals surface area contributed by atoms with Gasteiger partial charge in [0.15, 0.2) is 0 Å². The lowest BCUT2D eigenvalue weighted by Gasteiger charge is -2.13. The van der Waals surface area contributed by atoms with E-state index in [0.717, 1.165) is 18.4 Å². The van der Waals surface area contributed by atoms with Crippen LogP contribution in [0.2, 0.25) is 0 Å². The van der Waals surface area contributed by atoms with Crippen LogP contribution in [0.1, 0.15) is 44.6 Å². The van der Waals surface area contributed by atoms with E-state index < -0.39 is 11.9 Å². The van der Waals surface area contributed by atoms with Crippen molar-refractivity contribution in [3.8, 4) is 5.75 Å². The molecule has 0 amide bonds. The second-order valence-corrected chi connectivity index (χ2v) is 3.92. The van der Waals surface area contributed by atoms with E-state index in [4.69, 9.17) is 4.74 Å². The fraction of sp³-hybridized carbons (Fsp3) is 0.538. The molecule has 0 saturated heterocycles. The number of aliphatic carboxylic acids is 1. The first-order valence-electron chi connectivity index (χ1n) is 5.99. The van der Waals surface area contributed by atoms with Gasteiger partial charge >= 0.3 is 5.97 Å². The lowest BCUT2D eigenvalue weighted by Crippen LogP contribution is -2.12. The van der Waals surface area contributed by atoms with Gasteiger partial charge in [0.2, 0.25) is 0 Å². The number of pyridine rings is 1. The molecule has 0 aliphatic rings. The lowest BCUT2D eigenvalue weighted by atomic mass is 9.95. The molecule has 17 heavy (non-hydrogen) atoms. The number of nitrogens with zero attached hydrogens (tertiary/aromatic N) is 1. The maximum atomic E-state index is 11.2. The van der Waals surface area contributed by atoms with Gasteiger partial charge in [0.05, 0.1) is 18.7 Å². The van der Waals surface area contributed by atoms with Crippen LogP contribution in [-0.4, -0.2) is 22.7 Å². The summed E-state index contributed by atoms with van der Waals surface area (Å²) in [6.45, 7) is 4.49. The minimum absolute atomic E-state index is 0.483. The van der Waals surface area contributed by atoms with E-state index in [1.54, 1.807) is 18.5 Å². The molecule has 4 heteroatoms. The fourth-order valence-corrected chi connectivity index (χ4v) is 1.71. The first-order chi connectivity index (χ1) is 8.19. The van der Waals surface area contributed by atoms with Gasteiger partial charge in [-0.2, -0.15) is 0 Å². The molecule has 1 unspecified atom stereocenters. The van der Waals surface area contributed by atoms with E-state index in [1.807, 2.05) is 13.8 Å². The summed E-state index contributed by atoms with van der Waals surface area (Å²) < 4.78 is 5.33. The number of carbonyl (C=O) groups is 1. The second kappa shape index (κ2) is 6.89. The number of carboxylic acid groups (broad SMARTS) is 1. The number of rotatable bonds is 7. The molecule has 1 aromatic rings. The van der Waals surface area contributed by atoms with Crippen molar-refractivity contribution in [2.45, 2.75) is 39.0 Å². The molecule has 0 aliphatic heterocycles. The van der Waals surface area contributed by atoms with Crippen LogP contribution in [-0.2, 0) is 4.79 Å². The van der Waals surface area contributed by atoms with Crippen molar-refractivity contribution in [3.63, 3.8) is 0 Å². The van der Waals surface area contributed by atoms with Crippen molar-refractivity contribution in [1.29, 1.82) is 0 Å². The number of carboxylic acids is 1. The maximum Gasteiger partial charge on any atom is 0.311 e. The third kappa shape index (κ3) is 4.06. The Hall–Kier alpha value is -1.58. The number of hydrogen-bond donors (Lipinski definition) is 1. The van der Waals surface area contributed by atoms with Crippen LogP contribution in [0.3, 0.4) is 0 Å². The summed E-state index contributed by atoms with van der Waals surface area (Å²) in [5, 5.41) is 9.21. The van der Waals surface area contributed by atoms with Gasteiger partial charge in [-0.3, -0.25) is 9.78 Å². The molecule has 0 spiro atoms. The second-order valence-electron chi connectivity index (χ2n) is 3.92. The molecule has 0 radical (unpaired) electrons. The van der Waals surface area contributed by atoms with Crippen LogP contribution in [0, 0.1) is 0 Å². The van der Waals surface area contributed by atoms with Gasteiger partial charge in [-0.15, -0.1) is 0 Å². The Morgan fingerprint density at radius 3 is 2.82 bits per heavy atom. The van der Waals surface area contributed by atoms with Gasteiger partial charge in [0, 0.05) is 6.20 Å². The van der Waals surface area contributed by atoms with Gasteiger partial charge in [-0.05, 0) is 25.0 Å². The molecular formula is C13H19NO3. The third-order valence-corrected chi connectivity index (χ3v) is 2.59. The van der Waals surface area contributed by atoms with Crippen molar-refractivity contribution < 1.29 is 14.6 Å². The average Bonchev–Trinajstić information content (AvgIpc) is 2.30. The molecule has 4 nitrogen and oxygen atoms in total. The van der Waals surface area contributed by atoms with Crippen molar-refractivity contribution in [2.75, 3.05) is 6.61 Å². The smallest absolute Gasteiger partial charge is 0.311 e. The SMILES string of the molecule is CCCCC(C(=O)O)c1cncc(OCC)c1. The Labute approximate surface area is 102 Å². The first-order valence-corrected chi connectivity index (χ1v) is 5.99. The lowest BCUT2D eigenvalue weighted by molar-refractivity contribution is -0.139. The Kier molecular flexibility index (Phi) is 5.46. The van der Waals surface area contributed by atoms with Gasteiger partial charge in [-0.1, -0.05) is 19.8 Å². The van der Waals surface area contributed by atoms with Crippen molar-refractivity contribution in [1.82, 2.24) is 4.98 Å². The highest BCUT2D eigenvalue weighted by Crippen LogP contribution is 2.24. The van der Waals surface area contributed by atoms with E-state index >= 15 is 0 Å². The molecule has 1 aromatic heterocycles. The highest BCUT2D eigenvalue weighted by Gasteiger charge is 2.19. The van der Waals surface area contributed by atoms with Crippen LogP contribution in [0.5, 0.6) is 5.75 Å². The summed E-state index contributed by atoms with van der Waals surface area (Å²) in [5.74, 6) is -0.649. The Bertz CT molecular complexity index is 365. The zero-order chi connectivity index (χ0) is 12.7. The predicted molar refractivity (Wildman–Crippen MR) is 65.3 cm³/mol. The summed E-state index contributed by atoms with van der Waals surface area (Å²) in [7, 11) is 0. The van der Waals surface area contributed by atoms with E-state index in [1.165, 1.54) is 0 Å². The molecule has 0 saturated carbocycles. The molecule has 1 atom stereocenters. The number of unbranched alkanes of at least 4 members (excludes halogenated alkanes) is 1. The van der Waals surface area contributed by atoms with Crippen molar-refractivity contribution in [3.05, 3.63) is 24.0 Å². The molecular weight excluding hydrogens is 218 g/mol. The predicted octanol–water partition coefficient (Wildman–Crippen LogP) is 2.84. The molecule has 0 fully saturated rings. The molecule has 0 aliphatic carbocycles. The summed E-state index contributed by atoms with van der Waals surface area (Å²) in [5.41, 5.74) is 0.719. The fourth-order valence-electron chi connectivity index (χ4n) is 1.71. The summed E-state index contributed by atoms with van der Waals surface area (Å²) in [4.78, 5) is 15.2. The highest BCUT2D eigenvalue weighted by atomic mass is 16.5. The van der Waals surface area contributed by atoms with E-state index in [2.05, 4.69) is 4.98 Å². The average molecular weight is 237 g/mol. The van der Waals surface area contributed by atoms with Gasteiger partial charge in [-0.25, -0.2) is 0 Å². The van der Waals surface area contributed by atoms with Crippen LogP contribution in [0.15, 0.2) is 18.5 Å². The highest BCUT2D eigenvalue weighted by molar-refractivity contribution is 5.76. The Morgan fingerprint density at radius 1 is 1.47 bits per heavy atom. The monoisotopic (exact) mass is 237 g/mol. The largest absolute Gasteiger partial charge is 0.492 e. The van der Waals surface area contributed by atoms with Crippen molar-refractivity contribution >= 4 is 5.97 Å². The molecule has 1 N–H and O–H groups in total. The van der Waals surface area contributed by atoms with E-state index in [-0.39, 0.29) is 0 Å². The zero-order valence-electron chi connectivity index (χ0n) is 10.3. The van der Waals surface area contributed by atoms with Gasteiger partial charge in [0.25, 0.3) is 0 Å². The maximum absolute atomic E-state index is 11.2. The first kappa shape index (κ1) is 13.5. The third-order valence-electron chi connectivity index (χ3n) is 2.59. The summed E-state index contributed by atoms with van der Waals surface area (Å²) >= 11 is 0. The van der Waals surface area contributed by atoms with E-state index in [0.29, 0.717) is 18.8 Å². The molecule has 94 valence electrons. The van der Waals surface area contributed by atoms with Crippen LogP contribution in [0.4, 0.5) is 0 Å². The summed E-state index contributed by atoms with van der Waals surface area (Å²) in [6, 6.07) is 1.77. The van der Waals surface area contributed by atoms with Crippen LogP contribution in [0.25, 0.3) is 0 Å². The number of ether oxygens (including phenoxy) is 1. The normalized spacial score (nSPS) is 12.1. The van der Waals surface area contributed by atoms with Crippen LogP contribution < -0.4 is 4.74 Å². The van der Waals surface area contributed by atoms with Gasteiger partial charge < -0.3 is 9.84 Å². The number of hydrogen-bond acceptors (Lipinski definition) is 3. The Balaban J connectivity index is 2.85. The Morgan fingerprint density at radius 2 is 2.24 bits per heavy atom. The number of aromatic nitrogens is 1. The summed E-state index contributed by atoms with van der Waals surface area (Å²) in [6.07, 6.45) is 5.74. The zero-order valence-corrected chi connectivity index (χ0v) is 10.3. The van der Waals surface area contributed by atoms with E-state index in [9.17, 15) is 9.90 Å². The quantitative estimate of drug-likeness (QED) is 0.792. The topological polar surface area (TPSA) is 59.4 Å². The molecule has 0 bridgehead atoms. The van der Waals surface area contributed by atoms with Gasteiger partial charge in [0.1, 0.15) is 5.75 Å². The van der Waals surface area contributed by atoms with Crippen molar-refractivity contribution in [2.24, 2.45) is 0 Å². The van der Waals surface area contributed by atoms with Crippen LogP contribution >= 0.6 is 0 Å². The molecule has 1 heterocycles. The minimum Gasteiger partial charge on any atom is -0.492 e. The molecule has 0 aromatic carbocycles.